The van der Waals surface area contributed by atoms with Gasteiger partial charge in [-0.3, -0.25) is 4.79 Å². The third-order valence-electron chi connectivity index (χ3n) is 11.4. The number of ketones is 1. The summed E-state index contributed by atoms with van der Waals surface area (Å²) in [5, 5.41) is 2.20. The number of fused-ring (bicyclic) bond motifs is 8. The van der Waals surface area contributed by atoms with Gasteiger partial charge in [-0.1, -0.05) is 121 Å². The molecule has 5 heteroatoms. The van der Waals surface area contributed by atoms with Crippen molar-refractivity contribution < 1.29 is 13.2 Å². The zero-order valence-corrected chi connectivity index (χ0v) is 30.3. The van der Waals surface area contributed by atoms with E-state index in [1.807, 2.05) is 54.6 Å². The van der Waals surface area contributed by atoms with Crippen molar-refractivity contribution >= 4 is 37.4 Å². The van der Waals surface area contributed by atoms with E-state index in [4.69, 9.17) is 0 Å². The molecule has 1 aromatic heterocycles. The van der Waals surface area contributed by atoms with E-state index in [1.54, 1.807) is 24.3 Å². The highest BCUT2D eigenvalue weighted by atomic mass is 32.2. The summed E-state index contributed by atoms with van der Waals surface area (Å²) in [6, 6.07) is 60.7. The molecule has 0 amide bonds. The summed E-state index contributed by atoms with van der Waals surface area (Å²) in [7, 11) is -3.98. The smallest absolute Gasteiger partial charge is 0.208 e. The minimum absolute atomic E-state index is 0.0428. The highest BCUT2D eigenvalue weighted by Crippen LogP contribution is 2.49. The molecule has 0 spiro atoms. The first-order valence-corrected chi connectivity index (χ1v) is 19.9. The first-order valence-electron chi connectivity index (χ1n) is 18.4. The van der Waals surface area contributed by atoms with Gasteiger partial charge in [0.2, 0.25) is 9.84 Å². The molecule has 1 atom stereocenters. The molecular formula is C50H31NO3S. The lowest BCUT2D eigenvalue weighted by molar-refractivity contribution is 0.103. The van der Waals surface area contributed by atoms with Crippen molar-refractivity contribution in [2.75, 3.05) is 0 Å². The topological polar surface area (TPSA) is 56.1 Å². The molecule has 9 aromatic rings. The zero-order valence-electron chi connectivity index (χ0n) is 29.5. The molecular weight excluding hydrogens is 695 g/mol. The lowest BCUT2D eigenvalue weighted by Crippen LogP contribution is -2.20. The van der Waals surface area contributed by atoms with Crippen LogP contribution in [0.1, 0.15) is 38.5 Å². The molecule has 0 saturated heterocycles. The average Bonchev–Trinajstić information content (AvgIpc) is 3.75. The minimum atomic E-state index is -3.98. The second kappa shape index (κ2) is 11.8. The van der Waals surface area contributed by atoms with E-state index in [9.17, 15) is 13.2 Å². The second-order valence-electron chi connectivity index (χ2n) is 14.4. The molecule has 0 fully saturated rings. The fraction of sp³-hybridized carbons (Fsp3) is 0.0200. The highest BCUT2D eigenvalue weighted by Gasteiger charge is 2.36. The summed E-state index contributed by atoms with van der Waals surface area (Å²) in [6.45, 7) is 0. The van der Waals surface area contributed by atoms with Gasteiger partial charge in [-0.2, -0.15) is 0 Å². The largest absolute Gasteiger partial charge is 0.309 e. The molecule has 55 heavy (non-hydrogen) atoms. The van der Waals surface area contributed by atoms with Gasteiger partial charge in [0.15, 0.2) is 5.78 Å². The fourth-order valence-electron chi connectivity index (χ4n) is 8.89. The number of para-hydroxylation sites is 2. The molecule has 1 aliphatic heterocycles. The van der Waals surface area contributed by atoms with Crippen molar-refractivity contribution in [3.8, 4) is 39.1 Å². The van der Waals surface area contributed by atoms with Gasteiger partial charge < -0.3 is 4.57 Å². The Morgan fingerprint density at radius 2 is 1.02 bits per heavy atom. The van der Waals surface area contributed by atoms with Gasteiger partial charge in [-0.05, 0) is 111 Å². The van der Waals surface area contributed by atoms with Crippen molar-refractivity contribution in [2.45, 2.75) is 15.7 Å². The second-order valence-corrected chi connectivity index (χ2v) is 16.3. The van der Waals surface area contributed by atoms with Crippen LogP contribution in [0.4, 0.5) is 0 Å². The monoisotopic (exact) mass is 725 g/mol. The van der Waals surface area contributed by atoms with Crippen LogP contribution in [0.25, 0.3) is 60.9 Å². The van der Waals surface area contributed by atoms with Gasteiger partial charge in [0.25, 0.3) is 0 Å². The molecule has 2 heterocycles. The molecule has 0 N–H and O–H groups in total. The van der Waals surface area contributed by atoms with Crippen LogP contribution in [0.3, 0.4) is 0 Å². The van der Waals surface area contributed by atoms with Gasteiger partial charge in [-0.15, -0.1) is 0 Å². The minimum Gasteiger partial charge on any atom is -0.309 e. The van der Waals surface area contributed by atoms with E-state index in [-0.39, 0.29) is 32.6 Å². The Labute approximate surface area is 318 Å². The van der Waals surface area contributed by atoms with Crippen LogP contribution in [0.2, 0.25) is 0 Å². The van der Waals surface area contributed by atoms with Crippen molar-refractivity contribution in [3.63, 3.8) is 0 Å². The Kier molecular flexibility index (Phi) is 6.82. The van der Waals surface area contributed by atoms with Gasteiger partial charge in [0.05, 0.1) is 20.8 Å². The fourth-order valence-corrected chi connectivity index (χ4v) is 10.5. The summed E-state index contributed by atoms with van der Waals surface area (Å²) >= 11 is 0. The van der Waals surface area contributed by atoms with E-state index in [2.05, 4.69) is 108 Å². The molecule has 0 saturated carbocycles. The van der Waals surface area contributed by atoms with Crippen LogP contribution in [0, 0.1) is 0 Å². The van der Waals surface area contributed by atoms with Crippen molar-refractivity contribution in [1.29, 1.82) is 0 Å². The molecule has 260 valence electrons. The predicted molar refractivity (Wildman–Crippen MR) is 220 cm³/mol. The number of sulfone groups is 1. The lowest BCUT2D eigenvalue weighted by atomic mass is 9.89. The van der Waals surface area contributed by atoms with Crippen LogP contribution in [-0.4, -0.2) is 18.8 Å². The Hall–Kier alpha value is -6.82. The number of hydrogen-bond donors (Lipinski definition) is 0. The summed E-state index contributed by atoms with van der Waals surface area (Å²) in [5.74, 6) is -0.162. The summed E-state index contributed by atoms with van der Waals surface area (Å²) < 4.78 is 30.9. The molecule has 0 bridgehead atoms. The Bertz CT molecular complexity index is 3180. The molecule has 0 radical (unpaired) electrons. The summed E-state index contributed by atoms with van der Waals surface area (Å²) in [5.41, 5.74) is 13.0. The van der Waals surface area contributed by atoms with E-state index in [1.165, 1.54) is 22.3 Å². The van der Waals surface area contributed by atoms with Gasteiger partial charge >= 0.3 is 0 Å². The maximum Gasteiger partial charge on any atom is 0.208 e. The summed E-state index contributed by atoms with van der Waals surface area (Å²) in [6.07, 6.45) is 0. The third-order valence-corrected chi connectivity index (χ3v) is 13.3. The Morgan fingerprint density at radius 1 is 0.418 bits per heavy atom. The van der Waals surface area contributed by atoms with Crippen LogP contribution in [-0.2, 0) is 9.84 Å². The number of carbonyl (C=O) groups is 1. The highest BCUT2D eigenvalue weighted by molar-refractivity contribution is 7.91. The lowest BCUT2D eigenvalue weighted by Gasteiger charge is -2.21. The van der Waals surface area contributed by atoms with Crippen LogP contribution in [0.5, 0.6) is 0 Å². The first-order chi connectivity index (χ1) is 27.0. The molecule has 1 unspecified atom stereocenters. The maximum atomic E-state index is 14.3. The summed E-state index contributed by atoms with van der Waals surface area (Å²) in [4.78, 5) is 14.3. The number of nitrogens with zero attached hydrogens (tertiary/aromatic N) is 1. The molecule has 1 aliphatic carbocycles. The van der Waals surface area contributed by atoms with Gasteiger partial charge in [-0.25, -0.2) is 8.42 Å². The van der Waals surface area contributed by atoms with E-state index < -0.39 is 9.84 Å². The van der Waals surface area contributed by atoms with Crippen LogP contribution in [0.15, 0.2) is 192 Å². The number of aromatic nitrogens is 1. The van der Waals surface area contributed by atoms with Crippen molar-refractivity contribution in [3.05, 3.63) is 210 Å². The normalized spacial score (nSPS) is 15.1. The standard InChI is InChI=1S/C50H31NO3S/c52-50-41-24-20-35(32-19-23-40-42(27-32)37-15-7-8-17-39(37)49(40)31-11-3-1-4-12-31)30-48(41)55(53,54)47-26-22-34(29-44(47)50)33-21-25-46-43(28-33)38-16-9-10-18-45(38)51(46)36-13-5-2-6-14-36/h1-30,49H. The number of benzene rings is 8. The van der Waals surface area contributed by atoms with Crippen LogP contribution < -0.4 is 0 Å². The average molecular weight is 726 g/mol. The maximum absolute atomic E-state index is 14.3. The predicted octanol–water partition coefficient (Wildman–Crippen LogP) is 11.7. The third kappa shape index (κ3) is 4.70. The Morgan fingerprint density at radius 3 is 1.85 bits per heavy atom. The molecule has 4 nitrogen and oxygen atoms in total. The number of rotatable bonds is 4. The van der Waals surface area contributed by atoms with Crippen molar-refractivity contribution in [1.82, 2.24) is 4.57 Å². The Balaban J connectivity index is 0.978. The van der Waals surface area contributed by atoms with Crippen LogP contribution >= 0.6 is 0 Å². The SMILES string of the molecule is O=C1c2cc(-c3ccc4c(c3)c3ccccc3n4-c3ccccc3)ccc2S(=O)(=O)c2cc(-c3ccc4c(c3)-c3ccccc3C4c3ccccc3)ccc21. The molecule has 8 aromatic carbocycles. The van der Waals surface area contributed by atoms with Gasteiger partial charge in [0.1, 0.15) is 0 Å². The molecule has 2 aliphatic rings. The van der Waals surface area contributed by atoms with Crippen molar-refractivity contribution in [2.24, 2.45) is 0 Å². The zero-order chi connectivity index (χ0) is 36.8. The quantitative estimate of drug-likeness (QED) is 0.181. The molecule has 11 rings (SSSR count). The van der Waals surface area contributed by atoms with E-state index in [0.717, 1.165) is 55.3 Å². The number of hydrogen-bond acceptors (Lipinski definition) is 3. The first kappa shape index (κ1) is 31.7. The number of carbonyl (C=O) groups excluding carboxylic acids is 1. The van der Waals surface area contributed by atoms with E-state index >= 15 is 0 Å². The van der Waals surface area contributed by atoms with E-state index in [0.29, 0.717) is 0 Å². The van der Waals surface area contributed by atoms with Gasteiger partial charge in [0, 0.05) is 33.5 Å².